The van der Waals surface area contributed by atoms with Crippen LogP contribution < -0.4 is 5.32 Å². The number of nitrogens with zero attached hydrogens (tertiary/aromatic N) is 6. The van der Waals surface area contributed by atoms with Crippen LogP contribution in [0.4, 0.5) is 10.3 Å². The second-order valence-corrected chi connectivity index (χ2v) is 6.39. The summed E-state index contributed by atoms with van der Waals surface area (Å²) >= 11 is 0. The van der Waals surface area contributed by atoms with E-state index in [0.29, 0.717) is 18.7 Å². The number of hydrogen-bond acceptors (Lipinski definition) is 6. The summed E-state index contributed by atoms with van der Waals surface area (Å²) in [5, 5.41) is 20.6. The molecule has 9 nitrogen and oxygen atoms in total. The second-order valence-electron chi connectivity index (χ2n) is 6.39. The highest BCUT2D eigenvalue weighted by atomic mass is 19.1. The van der Waals surface area contributed by atoms with Gasteiger partial charge in [0.15, 0.2) is 0 Å². The summed E-state index contributed by atoms with van der Waals surface area (Å²) in [6, 6.07) is 15.0. The Bertz CT molecular complexity index is 1060. The zero-order valence-electron chi connectivity index (χ0n) is 15.2. The Labute approximate surface area is 165 Å². The Morgan fingerprint density at radius 3 is 2.62 bits per heavy atom. The lowest BCUT2D eigenvalue weighted by Gasteiger charge is -2.15. The fourth-order valence-corrected chi connectivity index (χ4v) is 2.87. The van der Waals surface area contributed by atoms with Crippen LogP contribution in [0, 0.1) is 5.82 Å². The van der Waals surface area contributed by atoms with Crippen molar-refractivity contribution in [3.8, 4) is 0 Å². The Balaban J connectivity index is 1.46. The maximum atomic E-state index is 13.0. The number of benzene rings is 2. The molecule has 0 spiro atoms. The maximum absolute atomic E-state index is 13.0. The molecule has 2 aromatic carbocycles. The van der Waals surface area contributed by atoms with Crippen molar-refractivity contribution in [1.82, 2.24) is 35.4 Å². The third kappa shape index (κ3) is 4.67. The normalized spacial score (nSPS) is 11.9. The summed E-state index contributed by atoms with van der Waals surface area (Å²) in [6.45, 7) is 0. The van der Waals surface area contributed by atoms with E-state index >= 15 is 0 Å². The zero-order chi connectivity index (χ0) is 20.1. The van der Waals surface area contributed by atoms with Gasteiger partial charge in [0.2, 0.25) is 5.95 Å². The molecule has 0 aliphatic rings. The van der Waals surface area contributed by atoms with E-state index in [1.807, 2.05) is 30.3 Å². The average Bonchev–Trinajstić information content (AvgIpc) is 3.41. The zero-order valence-corrected chi connectivity index (χ0v) is 15.2. The standard InChI is InChI=1S/C19H17FN8O/c20-15-8-6-14(7-9-15)11-17-22-19(25-24-17)23-18(29)16(28-12-21-26-27-28)10-13-4-2-1-3-5-13/h1-9,12,16H,10-11H2,(H2,22,23,24,25,29). The molecule has 0 fully saturated rings. The van der Waals surface area contributed by atoms with E-state index in [9.17, 15) is 9.18 Å². The summed E-state index contributed by atoms with van der Waals surface area (Å²) in [6.07, 6.45) is 2.24. The first-order valence-corrected chi connectivity index (χ1v) is 8.90. The number of H-pyrrole nitrogens is 1. The SMILES string of the molecule is O=C(Nc1n[nH]c(Cc2ccc(F)cc2)n1)C(Cc1ccccc1)n1cnnn1. The van der Waals surface area contributed by atoms with Crippen molar-refractivity contribution in [1.29, 1.82) is 0 Å². The summed E-state index contributed by atoms with van der Waals surface area (Å²) in [5.41, 5.74) is 1.84. The van der Waals surface area contributed by atoms with Crippen LogP contribution in [0.15, 0.2) is 60.9 Å². The van der Waals surface area contributed by atoms with E-state index in [2.05, 4.69) is 36.0 Å². The van der Waals surface area contributed by atoms with Gasteiger partial charge in [-0.05, 0) is 33.7 Å². The van der Waals surface area contributed by atoms with Gasteiger partial charge < -0.3 is 0 Å². The number of aromatic nitrogens is 7. The molecule has 1 amide bonds. The van der Waals surface area contributed by atoms with Gasteiger partial charge in [0.25, 0.3) is 5.91 Å². The Hall–Kier alpha value is -3.95. The molecule has 0 aliphatic heterocycles. The molecule has 0 aliphatic carbocycles. The predicted octanol–water partition coefficient (Wildman–Crippen LogP) is 1.94. The van der Waals surface area contributed by atoms with Gasteiger partial charge in [-0.15, -0.1) is 10.2 Å². The van der Waals surface area contributed by atoms with Gasteiger partial charge in [0, 0.05) is 12.8 Å². The predicted molar refractivity (Wildman–Crippen MR) is 101 cm³/mol. The van der Waals surface area contributed by atoms with Gasteiger partial charge in [-0.3, -0.25) is 15.2 Å². The van der Waals surface area contributed by atoms with Crippen molar-refractivity contribution in [2.75, 3.05) is 5.32 Å². The lowest BCUT2D eigenvalue weighted by molar-refractivity contribution is -0.119. The third-order valence-electron chi connectivity index (χ3n) is 4.31. The van der Waals surface area contributed by atoms with Gasteiger partial charge in [-0.2, -0.15) is 4.98 Å². The van der Waals surface area contributed by atoms with Crippen molar-refractivity contribution in [3.05, 3.63) is 83.7 Å². The monoisotopic (exact) mass is 392 g/mol. The molecule has 0 bridgehead atoms. The first-order valence-electron chi connectivity index (χ1n) is 8.90. The summed E-state index contributed by atoms with van der Waals surface area (Å²) in [4.78, 5) is 17.1. The molecule has 0 saturated carbocycles. The number of hydrogen-bond donors (Lipinski definition) is 2. The van der Waals surface area contributed by atoms with Crippen LogP contribution in [-0.2, 0) is 17.6 Å². The minimum Gasteiger partial charge on any atom is -0.291 e. The molecule has 4 aromatic rings. The number of carbonyl (C=O) groups is 1. The number of aromatic amines is 1. The first-order chi connectivity index (χ1) is 14.2. The van der Waals surface area contributed by atoms with Crippen LogP contribution in [0.3, 0.4) is 0 Å². The highest BCUT2D eigenvalue weighted by Gasteiger charge is 2.23. The van der Waals surface area contributed by atoms with E-state index in [1.165, 1.54) is 23.1 Å². The summed E-state index contributed by atoms with van der Waals surface area (Å²) in [7, 11) is 0. The molecular formula is C19H17FN8O. The van der Waals surface area contributed by atoms with Crippen LogP contribution in [0.2, 0.25) is 0 Å². The molecule has 29 heavy (non-hydrogen) atoms. The average molecular weight is 392 g/mol. The first kappa shape index (κ1) is 18.4. The lowest BCUT2D eigenvalue weighted by atomic mass is 10.1. The van der Waals surface area contributed by atoms with E-state index in [0.717, 1.165) is 11.1 Å². The molecule has 146 valence electrons. The van der Waals surface area contributed by atoms with Gasteiger partial charge >= 0.3 is 0 Å². The van der Waals surface area contributed by atoms with Crippen LogP contribution in [-0.4, -0.2) is 41.3 Å². The minimum atomic E-state index is -0.661. The molecule has 1 atom stereocenters. The molecular weight excluding hydrogens is 375 g/mol. The lowest BCUT2D eigenvalue weighted by Crippen LogP contribution is -2.28. The van der Waals surface area contributed by atoms with E-state index in [-0.39, 0.29) is 17.7 Å². The van der Waals surface area contributed by atoms with Crippen molar-refractivity contribution >= 4 is 11.9 Å². The summed E-state index contributed by atoms with van der Waals surface area (Å²) < 4.78 is 14.4. The number of rotatable bonds is 7. The fourth-order valence-electron chi connectivity index (χ4n) is 2.87. The van der Waals surface area contributed by atoms with E-state index < -0.39 is 6.04 Å². The van der Waals surface area contributed by atoms with Crippen LogP contribution in [0.1, 0.15) is 23.0 Å². The Morgan fingerprint density at radius 1 is 1.10 bits per heavy atom. The number of nitrogens with one attached hydrogen (secondary N) is 2. The van der Waals surface area contributed by atoms with Gasteiger partial charge in [-0.25, -0.2) is 9.07 Å². The highest BCUT2D eigenvalue weighted by Crippen LogP contribution is 2.15. The van der Waals surface area contributed by atoms with Crippen molar-refractivity contribution in [2.45, 2.75) is 18.9 Å². The molecule has 2 N–H and O–H groups in total. The minimum absolute atomic E-state index is 0.151. The number of tetrazole rings is 1. The highest BCUT2D eigenvalue weighted by molar-refractivity contribution is 5.92. The quantitative estimate of drug-likeness (QED) is 0.497. The molecule has 2 heterocycles. The van der Waals surface area contributed by atoms with Crippen LogP contribution in [0.5, 0.6) is 0 Å². The van der Waals surface area contributed by atoms with Crippen molar-refractivity contribution in [3.63, 3.8) is 0 Å². The van der Waals surface area contributed by atoms with Crippen LogP contribution >= 0.6 is 0 Å². The molecule has 10 heteroatoms. The fraction of sp³-hybridized carbons (Fsp3) is 0.158. The molecule has 0 saturated heterocycles. The van der Waals surface area contributed by atoms with Crippen molar-refractivity contribution < 1.29 is 9.18 Å². The van der Waals surface area contributed by atoms with Gasteiger partial charge in [-0.1, -0.05) is 42.5 Å². The smallest absolute Gasteiger partial charge is 0.252 e. The third-order valence-corrected chi connectivity index (χ3v) is 4.31. The molecule has 0 radical (unpaired) electrons. The summed E-state index contributed by atoms with van der Waals surface area (Å²) in [5.74, 6) is 0.0620. The van der Waals surface area contributed by atoms with E-state index in [1.54, 1.807) is 12.1 Å². The Morgan fingerprint density at radius 2 is 1.90 bits per heavy atom. The number of anilines is 1. The second kappa shape index (κ2) is 8.38. The largest absolute Gasteiger partial charge is 0.291 e. The Kier molecular flexibility index (Phi) is 5.32. The molecule has 4 rings (SSSR count). The van der Waals surface area contributed by atoms with E-state index in [4.69, 9.17) is 0 Å². The van der Waals surface area contributed by atoms with Crippen LogP contribution in [0.25, 0.3) is 0 Å². The topological polar surface area (TPSA) is 114 Å². The number of amides is 1. The molecule has 2 aromatic heterocycles. The maximum Gasteiger partial charge on any atom is 0.252 e. The van der Waals surface area contributed by atoms with Gasteiger partial charge in [0.1, 0.15) is 24.0 Å². The number of carbonyl (C=O) groups excluding carboxylic acids is 1. The number of halogens is 1. The van der Waals surface area contributed by atoms with Gasteiger partial charge in [0.05, 0.1) is 0 Å². The molecule has 1 unspecified atom stereocenters. The van der Waals surface area contributed by atoms with Crippen molar-refractivity contribution in [2.24, 2.45) is 0 Å².